The fourth-order valence-electron chi connectivity index (χ4n) is 1.18. The number of aromatic nitrogens is 4. The number of carbonyl (C=O) groups excluding carboxylic acids is 1. The van der Waals surface area contributed by atoms with E-state index in [-0.39, 0.29) is 11.5 Å². The summed E-state index contributed by atoms with van der Waals surface area (Å²) in [5, 5.41) is 13.3. The molecule has 0 bridgehead atoms. The van der Waals surface area contributed by atoms with Gasteiger partial charge in [-0.15, -0.1) is 0 Å². The number of carbonyl (C=O) groups is 1. The second kappa shape index (κ2) is 4.01. The summed E-state index contributed by atoms with van der Waals surface area (Å²) in [7, 11) is 1.79. The van der Waals surface area contributed by atoms with Crippen molar-refractivity contribution in [3.05, 3.63) is 23.7 Å². The highest BCUT2D eigenvalue weighted by Crippen LogP contribution is 2.04. The summed E-state index contributed by atoms with van der Waals surface area (Å²) in [6.07, 6.45) is 1.65. The first kappa shape index (κ1) is 10.1. The van der Waals surface area contributed by atoms with Crippen molar-refractivity contribution in [1.82, 2.24) is 25.4 Å². The van der Waals surface area contributed by atoms with Crippen LogP contribution in [0.5, 0.6) is 0 Å². The van der Waals surface area contributed by atoms with Gasteiger partial charge >= 0.3 is 0 Å². The molecule has 3 N–H and O–H groups in total. The highest BCUT2D eigenvalue weighted by molar-refractivity contribution is 5.95. The summed E-state index contributed by atoms with van der Waals surface area (Å²) in [5.74, 6) is -0.456. The molecule has 2 aromatic heterocycles. The molecule has 0 radical (unpaired) electrons. The third-order valence-corrected chi connectivity index (χ3v) is 2.08. The maximum absolute atomic E-state index is 11.5. The molecule has 0 aliphatic heterocycles. The standard InChI is InChI=1S/C8H10N6O2/c1-14-5(2-3-11-14)4-10-8(15)6-7(9)13-16-12-6/h2-3H,4H2,1H3,(H2,9,13)(H,10,15). The van der Waals surface area contributed by atoms with Gasteiger partial charge in [-0.2, -0.15) is 5.10 Å². The molecule has 2 aromatic rings. The van der Waals surface area contributed by atoms with Gasteiger partial charge in [-0.25, -0.2) is 4.63 Å². The van der Waals surface area contributed by atoms with Crippen LogP contribution in [0.15, 0.2) is 16.9 Å². The summed E-state index contributed by atoms with van der Waals surface area (Å²) >= 11 is 0. The van der Waals surface area contributed by atoms with Crippen molar-refractivity contribution >= 4 is 11.7 Å². The predicted octanol–water partition coefficient (Wildman–Crippen LogP) is -0.685. The average molecular weight is 222 g/mol. The third kappa shape index (κ3) is 1.85. The molecule has 0 aliphatic rings. The Hall–Kier alpha value is -2.38. The number of nitrogens with two attached hydrogens (primary N) is 1. The fourth-order valence-corrected chi connectivity index (χ4v) is 1.18. The molecule has 2 heterocycles. The van der Waals surface area contributed by atoms with Crippen LogP contribution >= 0.6 is 0 Å². The molecule has 0 unspecified atom stereocenters. The van der Waals surface area contributed by atoms with Crippen LogP contribution in [0, 0.1) is 0 Å². The van der Waals surface area contributed by atoms with Crippen molar-refractivity contribution < 1.29 is 9.42 Å². The molecule has 0 saturated carbocycles. The number of aryl methyl sites for hydroxylation is 1. The Kier molecular flexibility index (Phi) is 2.54. The van der Waals surface area contributed by atoms with Crippen LogP contribution in [0.25, 0.3) is 0 Å². The number of nitrogens with one attached hydrogen (secondary N) is 1. The largest absolute Gasteiger partial charge is 0.379 e. The van der Waals surface area contributed by atoms with E-state index in [0.29, 0.717) is 6.54 Å². The van der Waals surface area contributed by atoms with Crippen LogP contribution in [0.3, 0.4) is 0 Å². The molecule has 2 rings (SSSR count). The van der Waals surface area contributed by atoms with Crippen molar-refractivity contribution in [2.24, 2.45) is 7.05 Å². The second-order valence-corrected chi connectivity index (χ2v) is 3.13. The van der Waals surface area contributed by atoms with Gasteiger partial charge in [0.25, 0.3) is 5.91 Å². The number of rotatable bonds is 3. The quantitative estimate of drug-likeness (QED) is 0.711. The monoisotopic (exact) mass is 222 g/mol. The lowest BCUT2D eigenvalue weighted by atomic mass is 10.3. The molecule has 16 heavy (non-hydrogen) atoms. The third-order valence-electron chi connectivity index (χ3n) is 2.08. The first-order chi connectivity index (χ1) is 7.68. The molecule has 0 saturated heterocycles. The van der Waals surface area contributed by atoms with Crippen molar-refractivity contribution in [3.8, 4) is 0 Å². The smallest absolute Gasteiger partial charge is 0.277 e. The van der Waals surface area contributed by atoms with Crippen molar-refractivity contribution in [2.75, 3.05) is 5.73 Å². The summed E-state index contributed by atoms with van der Waals surface area (Å²) in [5.41, 5.74) is 6.23. The molecule has 1 amide bonds. The predicted molar refractivity (Wildman–Crippen MR) is 53.1 cm³/mol. The van der Waals surface area contributed by atoms with Gasteiger partial charge in [0.15, 0.2) is 0 Å². The molecule has 0 aliphatic carbocycles. The van der Waals surface area contributed by atoms with E-state index in [4.69, 9.17) is 5.73 Å². The Morgan fingerprint density at radius 2 is 2.44 bits per heavy atom. The van der Waals surface area contributed by atoms with E-state index in [9.17, 15) is 4.79 Å². The lowest BCUT2D eigenvalue weighted by Gasteiger charge is -2.03. The van der Waals surface area contributed by atoms with E-state index in [0.717, 1.165) is 5.69 Å². The van der Waals surface area contributed by atoms with Crippen molar-refractivity contribution in [3.63, 3.8) is 0 Å². The number of nitrogen functional groups attached to an aromatic ring is 1. The lowest BCUT2D eigenvalue weighted by molar-refractivity contribution is 0.0941. The molecule has 8 heteroatoms. The van der Waals surface area contributed by atoms with Gasteiger partial charge in [0, 0.05) is 13.2 Å². The molecular weight excluding hydrogens is 212 g/mol. The topological polar surface area (TPSA) is 112 Å². The minimum atomic E-state index is -0.431. The summed E-state index contributed by atoms with van der Waals surface area (Å²) < 4.78 is 5.98. The molecule has 0 spiro atoms. The van der Waals surface area contributed by atoms with E-state index in [1.54, 1.807) is 24.0 Å². The normalized spacial score (nSPS) is 10.3. The van der Waals surface area contributed by atoms with E-state index >= 15 is 0 Å². The van der Waals surface area contributed by atoms with Crippen LogP contribution in [-0.2, 0) is 13.6 Å². The maximum Gasteiger partial charge on any atom is 0.277 e. The molecular formula is C8H10N6O2. The number of nitrogens with zero attached hydrogens (tertiary/aromatic N) is 4. The minimum absolute atomic E-state index is 0.0119. The summed E-state index contributed by atoms with van der Waals surface area (Å²) in [6.45, 7) is 0.335. The second-order valence-electron chi connectivity index (χ2n) is 3.13. The van der Waals surface area contributed by atoms with Crippen LogP contribution in [0.2, 0.25) is 0 Å². The SMILES string of the molecule is Cn1nccc1CNC(=O)c1nonc1N. The Balaban J connectivity index is 1.99. The number of anilines is 1. The van der Waals surface area contributed by atoms with Gasteiger partial charge in [-0.3, -0.25) is 9.48 Å². The molecule has 0 aromatic carbocycles. The van der Waals surface area contributed by atoms with Crippen LogP contribution < -0.4 is 11.1 Å². The van der Waals surface area contributed by atoms with Crippen LogP contribution in [0.1, 0.15) is 16.2 Å². The van der Waals surface area contributed by atoms with Crippen molar-refractivity contribution in [1.29, 1.82) is 0 Å². The molecule has 84 valence electrons. The van der Waals surface area contributed by atoms with Gasteiger partial charge in [0.1, 0.15) is 0 Å². The number of amides is 1. The highest BCUT2D eigenvalue weighted by atomic mass is 16.6. The van der Waals surface area contributed by atoms with Crippen LogP contribution in [0.4, 0.5) is 5.82 Å². The molecule has 0 atom stereocenters. The Labute approximate surface area is 90.4 Å². The number of hydrogen-bond acceptors (Lipinski definition) is 6. The average Bonchev–Trinajstić information content (AvgIpc) is 2.84. The zero-order chi connectivity index (χ0) is 11.5. The van der Waals surface area contributed by atoms with Gasteiger partial charge in [-0.1, -0.05) is 0 Å². The first-order valence-corrected chi connectivity index (χ1v) is 4.51. The van der Waals surface area contributed by atoms with Gasteiger partial charge < -0.3 is 11.1 Å². The van der Waals surface area contributed by atoms with Gasteiger partial charge in [0.05, 0.1) is 12.2 Å². The van der Waals surface area contributed by atoms with E-state index in [1.165, 1.54) is 0 Å². The Morgan fingerprint density at radius 1 is 1.62 bits per heavy atom. The fraction of sp³-hybridized carbons (Fsp3) is 0.250. The zero-order valence-electron chi connectivity index (χ0n) is 8.54. The van der Waals surface area contributed by atoms with Crippen LogP contribution in [-0.4, -0.2) is 26.0 Å². The lowest BCUT2D eigenvalue weighted by Crippen LogP contribution is -2.25. The zero-order valence-corrected chi connectivity index (χ0v) is 8.54. The molecule has 8 nitrogen and oxygen atoms in total. The maximum atomic E-state index is 11.5. The highest BCUT2D eigenvalue weighted by Gasteiger charge is 2.15. The Morgan fingerprint density at radius 3 is 3.00 bits per heavy atom. The van der Waals surface area contributed by atoms with E-state index in [2.05, 4.69) is 25.4 Å². The van der Waals surface area contributed by atoms with E-state index < -0.39 is 5.91 Å². The minimum Gasteiger partial charge on any atom is -0.379 e. The summed E-state index contributed by atoms with van der Waals surface area (Å²) in [4.78, 5) is 11.5. The summed E-state index contributed by atoms with van der Waals surface area (Å²) in [6, 6.07) is 1.80. The first-order valence-electron chi connectivity index (χ1n) is 4.51. The Bertz CT molecular complexity index is 502. The van der Waals surface area contributed by atoms with Gasteiger partial charge in [0.2, 0.25) is 11.5 Å². The van der Waals surface area contributed by atoms with Gasteiger partial charge in [-0.05, 0) is 16.4 Å². The van der Waals surface area contributed by atoms with Crippen molar-refractivity contribution in [2.45, 2.75) is 6.54 Å². The molecule has 0 fully saturated rings. The van der Waals surface area contributed by atoms with E-state index in [1.807, 2.05) is 0 Å². The number of hydrogen-bond donors (Lipinski definition) is 2.